The average Bonchev–Trinajstić information content (AvgIpc) is 2.39. The van der Waals surface area contributed by atoms with Gasteiger partial charge in [0.2, 0.25) is 10.0 Å². The molecule has 108 valence electrons. The SMILES string of the molecule is CCN(CCCO)S(=O)(=O)c1ccc(F)c(CN)c1. The maximum Gasteiger partial charge on any atom is 0.243 e. The second-order valence-electron chi connectivity index (χ2n) is 4.03. The second-order valence-corrected chi connectivity index (χ2v) is 5.97. The normalized spacial score (nSPS) is 12.1. The van der Waals surface area contributed by atoms with Gasteiger partial charge in [-0.1, -0.05) is 6.92 Å². The van der Waals surface area contributed by atoms with E-state index in [2.05, 4.69) is 0 Å². The number of rotatable bonds is 7. The highest BCUT2D eigenvalue weighted by atomic mass is 32.2. The van der Waals surface area contributed by atoms with Crippen molar-refractivity contribution in [3.05, 3.63) is 29.6 Å². The first kappa shape index (κ1) is 16.0. The van der Waals surface area contributed by atoms with Gasteiger partial charge in [0, 0.05) is 31.8 Å². The summed E-state index contributed by atoms with van der Waals surface area (Å²) >= 11 is 0. The van der Waals surface area contributed by atoms with E-state index in [0.29, 0.717) is 6.42 Å². The zero-order valence-electron chi connectivity index (χ0n) is 10.8. The monoisotopic (exact) mass is 290 g/mol. The van der Waals surface area contributed by atoms with E-state index in [0.717, 1.165) is 6.07 Å². The smallest absolute Gasteiger partial charge is 0.243 e. The van der Waals surface area contributed by atoms with Gasteiger partial charge in [-0.15, -0.1) is 0 Å². The minimum atomic E-state index is -3.67. The van der Waals surface area contributed by atoms with Crippen LogP contribution < -0.4 is 5.73 Å². The van der Waals surface area contributed by atoms with Crippen LogP contribution in [0.15, 0.2) is 23.1 Å². The highest BCUT2D eigenvalue weighted by molar-refractivity contribution is 7.89. The van der Waals surface area contributed by atoms with Crippen LogP contribution in [0.25, 0.3) is 0 Å². The van der Waals surface area contributed by atoms with Crippen molar-refractivity contribution in [2.75, 3.05) is 19.7 Å². The van der Waals surface area contributed by atoms with Gasteiger partial charge in [0.1, 0.15) is 5.82 Å². The highest BCUT2D eigenvalue weighted by Crippen LogP contribution is 2.19. The average molecular weight is 290 g/mol. The first-order chi connectivity index (χ1) is 8.97. The molecule has 0 heterocycles. The van der Waals surface area contributed by atoms with Crippen LogP contribution in [0.1, 0.15) is 18.9 Å². The van der Waals surface area contributed by atoms with Crippen molar-refractivity contribution in [2.24, 2.45) is 5.73 Å². The lowest BCUT2D eigenvalue weighted by Crippen LogP contribution is -2.32. The van der Waals surface area contributed by atoms with E-state index in [1.807, 2.05) is 0 Å². The van der Waals surface area contributed by atoms with Gasteiger partial charge in [0.05, 0.1) is 4.90 Å². The molecule has 0 saturated carbocycles. The summed E-state index contributed by atoms with van der Waals surface area (Å²) in [5, 5.41) is 8.78. The Morgan fingerprint density at radius 1 is 1.42 bits per heavy atom. The fourth-order valence-electron chi connectivity index (χ4n) is 1.71. The molecule has 0 bridgehead atoms. The van der Waals surface area contributed by atoms with Crippen LogP contribution >= 0.6 is 0 Å². The molecule has 0 atom stereocenters. The number of hydrogen-bond acceptors (Lipinski definition) is 4. The molecule has 0 spiro atoms. The molecule has 1 aromatic carbocycles. The number of benzene rings is 1. The Morgan fingerprint density at radius 3 is 2.63 bits per heavy atom. The summed E-state index contributed by atoms with van der Waals surface area (Å²) in [6.45, 7) is 2.09. The molecular formula is C12H19FN2O3S. The standard InChI is InChI=1S/C12H19FN2O3S/c1-2-15(6-3-7-16)19(17,18)11-4-5-12(13)10(8-11)9-14/h4-5,8,16H,2-3,6-7,9,14H2,1H3. The van der Waals surface area contributed by atoms with Crippen LogP contribution in [0.2, 0.25) is 0 Å². The lowest BCUT2D eigenvalue weighted by atomic mass is 10.2. The van der Waals surface area contributed by atoms with Crippen LogP contribution in [0, 0.1) is 5.82 Å². The summed E-state index contributed by atoms with van der Waals surface area (Å²) < 4.78 is 39.2. The largest absolute Gasteiger partial charge is 0.396 e. The molecular weight excluding hydrogens is 271 g/mol. The van der Waals surface area contributed by atoms with Crippen molar-refractivity contribution in [1.82, 2.24) is 4.31 Å². The molecule has 1 rings (SSSR count). The lowest BCUT2D eigenvalue weighted by molar-refractivity contribution is 0.271. The fourth-order valence-corrected chi connectivity index (χ4v) is 3.25. The quantitative estimate of drug-likeness (QED) is 0.773. The van der Waals surface area contributed by atoms with Crippen LogP contribution in [0.4, 0.5) is 4.39 Å². The van der Waals surface area contributed by atoms with Crippen LogP contribution in [-0.2, 0) is 16.6 Å². The molecule has 7 heteroatoms. The Balaban J connectivity index is 3.11. The fraction of sp³-hybridized carbons (Fsp3) is 0.500. The molecule has 0 saturated heterocycles. The van der Waals surface area contributed by atoms with Crippen molar-refractivity contribution in [3.63, 3.8) is 0 Å². The van der Waals surface area contributed by atoms with Crippen molar-refractivity contribution in [2.45, 2.75) is 24.8 Å². The molecule has 0 fully saturated rings. The van der Waals surface area contributed by atoms with Crippen molar-refractivity contribution >= 4 is 10.0 Å². The van der Waals surface area contributed by atoms with Crippen molar-refractivity contribution < 1.29 is 17.9 Å². The van der Waals surface area contributed by atoms with E-state index in [-0.39, 0.29) is 36.7 Å². The van der Waals surface area contributed by atoms with E-state index in [1.165, 1.54) is 16.4 Å². The zero-order chi connectivity index (χ0) is 14.5. The number of aliphatic hydroxyl groups excluding tert-OH is 1. The van der Waals surface area contributed by atoms with Gasteiger partial charge < -0.3 is 10.8 Å². The lowest BCUT2D eigenvalue weighted by Gasteiger charge is -2.20. The molecule has 5 nitrogen and oxygen atoms in total. The number of nitrogens with zero attached hydrogens (tertiary/aromatic N) is 1. The molecule has 0 aliphatic heterocycles. The number of hydrogen-bond donors (Lipinski definition) is 2. The number of halogens is 1. The molecule has 0 aliphatic carbocycles. The first-order valence-corrected chi connectivity index (χ1v) is 7.50. The third kappa shape index (κ3) is 3.73. The second kappa shape index (κ2) is 6.95. The first-order valence-electron chi connectivity index (χ1n) is 6.06. The van der Waals surface area contributed by atoms with E-state index in [4.69, 9.17) is 10.8 Å². The number of nitrogens with two attached hydrogens (primary N) is 1. The van der Waals surface area contributed by atoms with Crippen LogP contribution in [-0.4, -0.2) is 37.5 Å². The summed E-state index contributed by atoms with van der Waals surface area (Å²) in [6.07, 6.45) is 0.359. The molecule has 0 unspecified atom stereocenters. The summed E-state index contributed by atoms with van der Waals surface area (Å²) in [5.41, 5.74) is 5.54. The summed E-state index contributed by atoms with van der Waals surface area (Å²) in [4.78, 5) is 0.0224. The highest BCUT2D eigenvalue weighted by Gasteiger charge is 2.23. The van der Waals surface area contributed by atoms with Gasteiger partial charge in [0.25, 0.3) is 0 Å². The molecule has 0 radical (unpaired) electrons. The number of aliphatic hydroxyl groups is 1. The van der Waals surface area contributed by atoms with Gasteiger partial charge in [-0.2, -0.15) is 4.31 Å². The Morgan fingerprint density at radius 2 is 2.11 bits per heavy atom. The van der Waals surface area contributed by atoms with E-state index in [9.17, 15) is 12.8 Å². The van der Waals surface area contributed by atoms with E-state index < -0.39 is 15.8 Å². The summed E-state index contributed by atoms with van der Waals surface area (Å²) in [5.74, 6) is -0.514. The summed E-state index contributed by atoms with van der Waals surface area (Å²) in [7, 11) is -3.67. The van der Waals surface area contributed by atoms with Gasteiger partial charge >= 0.3 is 0 Å². The van der Waals surface area contributed by atoms with Gasteiger partial charge in [-0.3, -0.25) is 0 Å². The molecule has 19 heavy (non-hydrogen) atoms. The van der Waals surface area contributed by atoms with E-state index >= 15 is 0 Å². The third-order valence-electron chi connectivity index (χ3n) is 2.79. The van der Waals surface area contributed by atoms with Crippen LogP contribution in [0.5, 0.6) is 0 Å². The van der Waals surface area contributed by atoms with Gasteiger partial charge in [-0.05, 0) is 24.6 Å². The Bertz CT molecular complexity index is 520. The van der Waals surface area contributed by atoms with E-state index in [1.54, 1.807) is 6.92 Å². The number of sulfonamides is 1. The zero-order valence-corrected chi connectivity index (χ0v) is 11.7. The maximum absolute atomic E-state index is 13.3. The Kier molecular flexibility index (Phi) is 5.86. The van der Waals surface area contributed by atoms with Crippen LogP contribution in [0.3, 0.4) is 0 Å². The van der Waals surface area contributed by atoms with Crippen molar-refractivity contribution in [3.8, 4) is 0 Å². The minimum absolute atomic E-state index is 0.0224. The third-order valence-corrected chi connectivity index (χ3v) is 4.76. The van der Waals surface area contributed by atoms with Gasteiger partial charge in [0.15, 0.2) is 0 Å². The minimum Gasteiger partial charge on any atom is -0.396 e. The Hall–Kier alpha value is -1.02. The van der Waals surface area contributed by atoms with Gasteiger partial charge in [-0.25, -0.2) is 12.8 Å². The predicted molar refractivity (Wildman–Crippen MR) is 70.4 cm³/mol. The molecule has 3 N–H and O–H groups in total. The summed E-state index contributed by atoms with van der Waals surface area (Å²) in [6, 6.07) is 3.59. The molecule has 0 aromatic heterocycles. The Labute approximate surface area is 112 Å². The molecule has 0 aliphatic rings. The maximum atomic E-state index is 13.3. The molecule has 1 aromatic rings. The predicted octanol–water partition coefficient (Wildman–Crippen LogP) is 0.677. The molecule has 0 amide bonds. The topological polar surface area (TPSA) is 83.6 Å². The van der Waals surface area contributed by atoms with Crippen molar-refractivity contribution in [1.29, 1.82) is 0 Å².